The Balaban J connectivity index is 1.22. The van der Waals surface area contributed by atoms with Crippen molar-refractivity contribution in [3.63, 3.8) is 0 Å². The molecule has 0 saturated carbocycles. The molecule has 0 heterocycles. The number of hydrogen-bond donors (Lipinski definition) is 3. The van der Waals surface area contributed by atoms with Crippen LogP contribution in [0.5, 0.6) is 0 Å². The Morgan fingerprint density at radius 3 is 1.39 bits per heavy atom. The zero-order chi connectivity index (χ0) is 37.2. The fraction of sp³-hybridized carbons (Fsp3) is 0.486. The second-order valence-corrected chi connectivity index (χ2v) is 17.1. The quantitative estimate of drug-likeness (QED) is 0.0804. The summed E-state index contributed by atoms with van der Waals surface area (Å²) in [4.78, 5) is -0.00125. The first-order valence-electron chi connectivity index (χ1n) is 16.9. The number of sulfone groups is 1. The normalized spacial score (nSPS) is 13.0. The van der Waals surface area contributed by atoms with E-state index in [0.29, 0.717) is 45.9 Å². The van der Waals surface area contributed by atoms with Gasteiger partial charge in [-0.1, -0.05) is 53.1 Å². The van der Waals surface area contributed by atoms with E-state index in [1.54, 1.807) is 36.4 Å². The Hall–Kier alpha value is -2.77. The van der Waals surface area contributed by atoms with Crippen LogP contribution in [-0.4, -0.2) is 103 Å². The van der Waals surface area contributed by atoms with Gasteiger partial charge in [-0.2, -0.15) is 16.8 Å². The molecule has 0 fully saturated rings. The van der Waals surface area contributed by atoms with Crippen LogP contribution in [0.4, 0.5) is 0 Å². The summed E-state index contributed by atoms with van der Waals surface area (Å²) >= 11 is 0. The third kappa shape index (κ3) is 15.4. The van der Waals surface area contributed by atoms with Crippen LogP contribution < -0.4 is 16.0 Å². The minimum Gasteiger partial charge on any atom is -0.380 e. The van der Waals surface area contributed by atoms with Gasteiger partial charge in [-0.05, 0) is 63.6 Å². The van der Waals surface area contributed by atoms with E-state index in [2.05, 4.69) is 16.0 Å². The van der Waals surface area contributed by atoms with Gasteiger partial charge in [0.05, 0.1) is 41.1 Å². The summed E-state index contributed by atoms with van der Waals surface area (Å²) in [6.45, 7) is 10.9. The molecular formula is C35H51N3O10S3. The first-order chi connectivity index (χ1) is 24.3. The lowest BCUT2D eigenvalue weighted by atomic mass is 10.2. The minimum atomic E-state index is -4.35. The molecular weight excluding hydrogens is 719 g/mol. The molecule has 0 aliphatic rings. The Kier molecular flexibility index (Phi) is 18.1. The second-order valence-electron chi connectivity index (χ2n) is 11.9. The molecule has 0 amide bonds. The van der Waals surface area contributed by atoms with E-state index in [1.165, 1.54) is 36.4 Å². The maximum atomic E-state index is 13.4. The fourth-order valence-electron chi connectivity index (χ4n) is 4.54. The van der Waals surface area contributed by atoms with Crippen LogP contribution in [0.25, 0.3) is 0 Å². The SMILES string of the molecule is Cc1ccc(S(=O)(=O)OCCCOCCNCCNCCNCCOCCC(OS(=O)(=O)c2ccc(C)cc2)S(=O)(=O)c2ccc(C)cc2)cc1. The molecule has 16 heteroatoms. The Morgan fingerprint density at radius 2 is 0.902 bits per heavy atom. The number of ether oxygens (including phenoxy) is 2. The zero-order valence-corrected chi connectivity index (χ0v) is 32.0. The number of rotatable bonds is 26. The Labute approximate surface area is 303 Å². The maximum absolute atomic E-state index is 13.4. The zero-order valence-electron chi connectivity index (χ0n) is 29.5. The summed E-state index contributed by atoms with van der Waals surface area (Å²) in [5, 5.41) is 9.80. The summed E-state index contributed by atoms with van der Waals surface area (Å²) < 4.78 is 98.6. The summed E-state index contributed by atoms with van der Waals surface area (Å²) in [6.07, 6.45) is 0.294. The Morgan fingerprint density at radius 1 is 0.490 bits per heavy atom. The highest BCUT2D eigenvalue weighted by Gasteiger charge is 2.33. The van der Waals surface area contributed by atoms with Crippen molar-refractivity contribution in [3.8, 4) is 0 Å². The van der Waals surface area contributed by atoms with E-state index in [-0.39, 0.29) is 34.3 Å². The fourth-order valence-corrected chi connectivity index (χ4v) is 8.39. The molecule has 0 aromatic heterocycles. The highest BCUT2D eigenvalue weighted by molar-refractivity contribution is 7.93. The van der Waals surface area contributed by atoms with Crippen LogP contribution in [0.15, 0.2) is 87.5 Å². The molecule has 284 valence electrons. The molecule has 1 unspecified atom stereocenters. The molecule has 0 radical (unpaired) electrons. The average Bonchev–Trinajstić information content (AvgIpc) is 3.09. The van der Waals surface area contributed by atoms with Gasteiger partial charge in [0.25, 0.3) is 20.2 Å². The van der Waals surface area contributed by atoms with Crippen molar-refractivity contribution in [3.05, 3.63) is 89.5 Å². The van der Waals surface area contributed by atoms with Gasteiger partial charge in [0, 0.05) is 52.3 Å². The van der Waals surface area contributed by atoms with Crippen LogP contribution in [0.3, 0.4) is 0 Å². The number of nitrogens with one attached hydrogen (secondary N) is 3. The lowest BCUT2D eigenvalue weighted by Crippen LogP contribution is -2.34. The molecule has 3 rings (SSSR count). The highest BCUT2D eigenvalue weighted by atomic mass is 32.2. The van der Waals surface area contributed by atoms with E-state index in [9.17, 15) is 25.3 Å². The molecule has 3 aromatic carbocycles. The Bertz CT molecular complexity index is 1770. The largest absolute Gasteiger partial charge is 0.380 e. The number of hydrogen-bond acceptors (Lipinski definition) is 13. The van der Waals surface area contributed by atoms with E-state index in [4.69, 9.17) is 17.8 Å². The highest BCUT2D eigenvalue weighted by Crippen LogP contribution is 2.25. The summed E-state index contributed by atoms with van der Waals surface area (Å²) in [6, 6.07) is 18.7. The van der Waals surface area contributed by atoms with Gasteiger partial charge in [0.15, 0.2) is 5.44 Å². The standard InChI is InChI=1S/C35H51N3O10S3/c1-29-5-11-32(12-6-29)49(39,40)35(48-51(43,44)34-15-9-31(3)10-16-34)17-26-46-28-23-38-21-19-36-18-20-37-22-27-45-24-4-25-47-50(41,42)33-13-7-30(2)8-14-33/h5-16,35-38H,4,17-28H2,1-3H3. The predicted molar refractivity (Wildman–Crippen MR) is 195 cm³/mol. The van der Waals surface area contributed by atoms with Crippen molar-refractivity contribution in [1.82, 2.24) is 16.0 Å². The first kappa shape index (κ1) is 42.6. The van der Waals surface area contributed by atoms with Gasteiger partial charge >= 0.3 is 0 Å². The lowest BCUT2D eigenvalue weighted by molar-refractivity contribution is 0.114. The van der Waals surface area contributed by atoms with E-state index < -0.39 is 35.5 Å². The van der Waals surface area contributed by atoms with Crippen LogP contribution in [0, 0.1) is 20.8 Å². The molecule has 0 spiro atoms. The molecule has 3 N–H and O–H groups in total. The van der Waals surface area contributed by atoms with Crippen molar-refractivity contribution >= 4 is 30.1 Å². The van der Waals surface area contributed by atoms with Gasteiger partial charge in [-0.15, -0.1) is 0 Å². The smallest absolute Gasteiger partial charge is 0.298 e. The van der Waals surface area contributed by atoms with E-state index in [0.717, 1.165) is 36.3 Å². The molecule has 0 aliphatic carbocycles. The van der Waals surface area contributed by atoms with Gasteiger partial charge in [-0.3, -0.25) is 4.18 Å². The number of benzene rings is 3. The third-order valence-corrected chi connectivity index (χ3v) is 12.3. The summed E-state index contributed by atoms with van der Waals surface area (Å²) in [7, 11) is -12.2. The van der Waals surface area contributed by atoms with Crippen LogP contribution in [0.1, 0.15) is 29.5 Å². The molecule has 3 aromatic rings. The first-order valence-corrected chi connectivity index (χ1v) is 21.2. The second kappa shape index (κ2) is 21.7. The van der Waals surface area contributed by atoms with Crippen LogP contribution in [-0.2, 0) is 47.9 Å². The molecule has 1 atom stereocenters. The van der Waals surface area contributed by atoms with Gasteiger partial charge in [-0.25, -0.2) is 12.6 Å². The average molecular weight is 770 g/mol. The summed E-state index contributed by atoms with van der Waals surface area (Å²) in [5.41, 5.74) is 1.05. The minimum absolute atomic E-state index is 0.0157. The monoisotopic (exact) mass is 769 g/mol. The van der Waals surface area contributed by atoms with Crippen molar-refractivity contribution in [2.75, 3.05) is 72.3 Å². The molecule has 0 saturated heterocycles. The molecule has 0 aliphatic heterocycles. The van der Waals surface area contributed by atoms with E-state index >= 15 is 0 Å². The topological polar surface area (TPSA) is 175 Å². The van der Waals surface area contributed by atoms with Crippen molar-refractivity contribution in [2.45, 2.75) is 53.7 Å². The van der Waals surface area contributed by atoms with Crippen LogP contribution >= 0.6 is 0 Å². The van der Waals surface area contributed by atoms with Crippen molar-refractivity contribution in [2.24, 2.45) is 0 Å². The van der Waals surface area contributed by atoms with Gasteiger partial charge < -0.3 is 25.4 Å². The molecule has 0 bridgehead atoms. The predicted octanol–water partition coefficient (Wildman–Crippen LogP) is 3.10. The maximum Gasteiger partial charge on any atom is 0.298 e. The lowest BCUT2D eigenvalue weighted by Gasteiger charge is -2.19. The van der Waals surface area contributed by atoms with Crippen molar-refractivity contribution in [1.29, 1.82) is 0 Å². The number of aryl methyl sites for hydroxylation is 3. The third-order valence-electron chi connectivity index (χ3n) is 7.52. The molecule has 51 heavy (non-hydrogen) atoms. The van der Waals surface area contributed by atoms with Gasteiger partial charge in [0.2, 0.25) is 9.84 Å². The van der Waals surface area contributed by atoms with Gasteiger partial charge in [0.1, 0.15) is 0 Å². The molecule has 13 nitrogen and oxygen atoms in total. The van der Waals surface area contributed by atoms with Crippen LogP contribution in [0.2, 0.25) is 0 Å². The van der Waals surface area contributed by atoms with Crippen molar-refractivity contribution < 1.29 is 43.1 Å². The van der Waals surface area contributed by atoms with E-state index in [1.807, 2.05) is 20.8 Å². The summed E-state index contributed by atoms with van der Waals surface area (Å²) in [5.74, 6) is 0.